The summed E-state index contributed by atoms with van der Waals surface area (Å²) in [5, 5.41) is 11.5. The first-order valence-corrected chi connectivity index (χ1v) is 11.9. The van der Waals surface area contributed by atoms with Gasteiger partial charge in [0, 0.05) is 43.0 Å². The maximum absolute atomic E-state index is 11.1. The monoisotopic (exact) mass is 465 g/mol. The van der Waals surface area contributed by atoms with E-state index in [1.807, 2.05) is 31.5 Å². The summed E-state index contributed by atoms with van der Waals surface area (Å²) in [6.07, 6.45) is 7.25. The molecule has 0 atom stereocenters. The summed E-state index contributed by atoms with van der Waals surface area (Å²) in [4.78, 5) is 23.4. The van der Waals surface area contributed by atoms with E-state index in [-0.39, 0.29) is 0 Å². The highest BCUT2D eigenvalue weighted by atomic mass is 16.5. The van der Waals surface area contributed by atoms with Crippen molar-refractivity contribution in [3.05, 3.63) is 42.1 Å². The van der Waals surface area contributed by atoms with Crippen LogP contribution in [0.5, 0.6) is 5.75 Å². The Balaban J connectivity index is 1.47. The first-order valence-electron chi connectivity index (χ1n) is 11.9. The van der Waals surface area contributed by atoms with Gasteiger partial charge in [0.15, 0.2) is 0 Å². The fourth-order valence-electron chi connectivity index (χ4n) is 5.41. The lowest BCUT2D eigenvalue weighted by Gasteiger charge is -2.38. The molecule has 3 aromatic rings. The number of ether oxygens (including phenoxy) is 2. The molecule has 5 rings (SSSR count). The Bertz CT molecular complexity index is 1180. The first-order chi connectivity index (χ1) is 16.5. The quantitative estimate of drug-likeness (QED) is 0.583. The molecule has 1 saturated heterocycles. The number of aromatic nitrogens is 3. The third kappa shape index (κ3) is 4.33. The second-order valence-electron chi connectivity index (χ2n) is 9.05. The molecule has 2 aromatic heterocycles. The summed E-state index contributed by atoms with van der Waals surface area (Å²) < 4.78 is 13.2. The highest BCUT2D eigenvalue weighted by Gasteiger charge is 2.30. The summed E-state index contributed by atoms with van der Waals surface area (Å²) in [5.74, 6) is 1.91. The largest absolute Gasteiger partial charge is 0.495 e. The van der Waals surface area contributed by atoms with Gasteiger partial charge in [0.2, 0.25) is 0 Å². The van der Waals surface area contributed by atoms with Gasteiger partial charge in [-0.2, -0.15) is 0 Å². The topological polar surface area (TPSA) is 101 Å². The van der Waals surface area contributed by atoms with Crippen molar-refractivity contribution >= 4 is 17.3 Å². The van der Waals surface area contributed by atoms with E-state index in [9.17, 15) is 4.79 Å². The first kappa shape index (κ1) is 22.6. The van der Waals surface area contributed by atoms with E-state index in [2.05, 4.69) is 19.6 Å². The zero-order valence-corrected chi connectivity index (χ0v) is 19.7. The summed E-state index contributed by atoms with van der Waals surface area (Å²) in [5.41, 5.74) is 4.00. The van der Waals surface area contributed by atoms with E-state index < -0.39 is 6.09 Å². The molecule has 1 aliphatic heterocycles. The number of morpholine rings is 1. The highest BCUT2D eigenvalue weighted by Crippen LogP contribution is 2.39. The Hall–Kier alpha value is -3.17. The third-order valence-corrected chi connectivity index (χ3v) is 7.11. The van der Waals surface area contributed by atoms with Gasteiger partial charge in [-0.05, 0) is 44.7 Å². The number of hydrogen-bond acceptors (Lipinski definition) is 6. The van der Waals surface area contributed by atoms with Crippen LogP contribution in [0.1, 0.15) is 43.1 Å². The van der Waals surface area contributed by atoms with Crippen molar-refractivity contribution < 1.29 is 19.4 Å². The van der Waals surface area contributed by atoms with Gasteiger partial charge in [0.25, 0.3) is 0 Å². The fraction of sp³-hybridized carbons (Fsp3) is 0.480. The number of carboxylic acid groups (broad SMARTS) is 1. The molecular formula is C25H31N5O4. The van der Waals surface area contributed by atoms with Crippen LogP contribution in [0, 0.1) is 6.92 Å². The van der Waals surface area contributed by atoms with Crippen LogP contribution in [0.15, 0.2) is 30.6 Å². The van der Waals surface area contributed by atoms with Crippen LogP contribution in [-0.4, -0.2) is 69.9 Å². The minimum absolute atomic E-state index is 0.384. The molecule has 1 amide bonds. The van der Waals surface area contributed by atoms with Crippen LogP contribution >= 0.6 is 0 Å². The average molecular weight is 466 g/mol. The number of nitrogens with one attached hydrogen (secondary N) is 1. The normalized spacial score (nSPS) is 21.5. The van der Waals surface area contributed by atoms with Gasteiger partial charge in [0.05, 0.1) is 42.9 Å². The van der Waals surface area contributed by atoms with Crippen molar-refractivity contribution in [1.82, 2.24) is 19.3 Å². The van der Waals surface area contributed by atoms with Gasteiger partial charge < -0.3 is 14.6 Å². The molecule has 0 bridgehead atoms. The standard InChI is InChI=1S/C25H31N5O4/c1-16-23-22(18-5-8-20(27-25(31)32)21(15-18)33-2)28-24(30(23)10-9-26-16)17-3-6-19(7-4-17)29-11-13-34-14-12-29/h5,8-10,15,17,19,27H,3-4,6-7,11-14H2,1-2H3,(H,31,32)/t17-,19-. The molecule has 0 radical (unpaired) electrons. The third-order valence-electron chi connectivity index (χ3n) is 7.11. The number of amides is 1. The van der Waals surface area contributed by atoms with Gasteiger partial charge in [-0.15, -0.1) is 0 Å². The van der Waals surface area contributed by atoms with Crippen molar-refractivity contribution in [3.63, 3.8) is 0 Å². The molecule has 180 valence electrons. The van der Waals surface area contributed by atoms with E-state index in [4.69, 9.17) is 19.6 Å². The molecule has 9 heteroatoms. The molecule has 0 unspecified atom stereocenters. The van der Waals surface area contributed by atoms with Gasteiger partial charge in [0.1, 0.15) is 11.6 Å². The van der Waals surface area contributed by atoms with E-state index in [0.29, 0.717) is 23.4 Å². The Morgan fingerprint density at radius 1 is 1.21 bits per heavy atom. The zero-order valence-electron chi connectivity index (χ0n) is 19.7. The number of aryl methyl sites for hydroxylation is 1. The molecule has 2 N–H and O–H groups in total. The minimum atomic E-state index is -1.13. The van der Waals surface area contributed by atoms with E-state index in [0.717, 1.165) is 67.4 Å². The van der Waals surface area contributed by atoms with Gasteiger partial charge in [-0.1, -0.05) is 6.07 Å². The van der Waals surface area contributed by atoms with Crippen LogP contribution < -0.4 is 10.1 Å². The maximum atomic E-state index is 11.1. The second kappa shape index (κ2) is 9.60. The Kier molecular flexibility index (Phi) is 6.38. The number of anilines is 1. The summed E-state index contributed by atoms with van der Waals surface area (Å²) in [6, 6.07) is 6.06. The van der Waals surface area contributed by atoms with Crippen LogP contribution in [0.25, 0.3) is 16.8 Å². The molecule has 1 aromatic carbocycles. The minimum Gasteiger partial charge on any atom is -0.495 e. The Labute approximate surface area is 198 Å². The maximum Gasteiger partial charge on any atom is 0.409 e. The number of methoxy groups -OCH3 is 1. The smallest absolute Gasteiger partial charge is 0.409 e. The van der Waals surface area contributed by atoms with Crippen molar-refractivity contribution in [1.29, 1.82) is 0 Å². The summed E-state index contributed by atoms with van der Waals surface area (Å²) in [6.45, 7) is 5.74. The van der Waals surface area contributed by atoms with Crippen molar-refractivity contribution in [3.8, 4) is 17.0 Å². The number of carbonyl (C=O) groups is 1. The van der Waals surface area contributed by atoms with Crippen LogP contribution in [0.4, 0.5) is 10.5 Å². The second-order valence-corrected chi connectivity index (χ2v) is 9.05. The average Bonchev–Trinajstić information content (AvgIpc) is 3.26. The van der Waals surface area contributed by atoms with Gasteiger partial charge in [-0.3, -0.25) is 19.6 Å². The van der Waals surface area contributed by atoms with E-state index in [1.165, 1.54) is 20.0 Å². The molecule has 1 saturated carbocycles. The SMILES string of the molecule is COc1cc(-c2nc([C@H]3CC[C@H](N4CCOCC4)CC3)n3ccnc(C)c23)ccc1NC(=O)O. The Morgan fingerprint density at radius 3 is 2.68 bits per heavy atom. The predicted octanol–water partition coefficient (Wildman–Crippen LogP) is 4.16. The number of rotatable bonds is 5. The number of benzene rings is 1. The van der Waals surface area contributed by atoms with Gasteiger partial charge >= 0.3 is 6.09 Å². The number of hydrogen-bond donors (Lipinski definition) is 2. The summed E-state index contributed by atoms with van der Waals surface area (Å²) >= 11 is 0. The van der Waals surface area contributed by atoms with Crippen molar-refractivity contribution in [2.45, 2.75) is 44.6 Å². The molecule has 3 heterocycles. The van der Waals surface area contributed by atoms with Crippen molar-refractivity contribution in [2.24, 2.45) is 0 Å². The lowest BCUT2D eigenvalue weighted by atomic mass is 9.84. The summed E-state index contributed by atoms with van der Waals surface area (Å²) in [7, 11) is 1.53. The van der Waals surface area contributed by atoms with Crippen LogP contribution in [0.2, 0.25) is 0 Å². The molecule has 1 aliphatic carbocycles. The van der Waals surface area contributed by atoms with E-state index >= 15 is 0 Å². The number of nitrogens with zero attached hydrogens (tertiary/aromatic N) is 4. The zero-order chi connectivity index (χ0) is 23.7. The lowest BCUT2D eigenvalue weighted by molar-refractivity contribution is 0.00710. The molecule has 2 aliphatic rings. The molecule has 2 fully saturated rings. The Morgan fingerprint density at radius 2 is 1.97 bits per heavy atom. The molecule has 0 spiro atoms. The fourth-order valence-corrected chi connectivity index (χ4v) is 5.41. The number of fused-ring (bicyclic) bond motifs is 1. The predicted molar refractivity (Wildman–Crippen MR) is 129 cm³/mol. The lowest BCUT2D eigenvalue weighted by Crippen LogP contribution is -2.44. The van der Waals surface area contributed by atoms with Crippen LogP contribution in [-0.2, 0) is 4.74 Å². The molecular weight excluding hydrogens is 434 g/mol. The van der Waals surface area contributed by atoms with Crippen molar-refractivity contribution in [2.75, 3.05) is 38.7 Å². The van der Waals surface area contributed by atoms with Crippen LogP contribution in [0.3, 0.4) is 0 Å². The molecule has 9 nitrogen and oxygen atoms in total. The molecule has 34 heavy (non-hydrogen) atoms. The number of imidazole rings is 1. The highest BCUT2D eigenvalue weighted by molar-refractivity contribution is 5.88. The van der Waals surface area contributed by atoms with E-state index in [1.54, 1.807) is 6.07 Å². The van der Waals surface area contributed by atoms with Gasteiger partial charge in [-0.25, -0.2) is 9.78 Å².